The second-order valence-corrected chi connectivity index (χ2v) is 11.4. The smallest absolute Gasteiger partial charge is 0.246 e. The zero-order valence-corrected chi connectivity index (χ0v) is 23.0. The number of fused-ring (bicyclic) bond motifs is 1. The number of unbranched alkanes of at least 4 members (excludes halogenated alkanes) is 2. The molecule has 4 aliphatic rings. The molecule has 2 amide bonds. The van der Waals surface area contributed by atoms with Gasteiger partial charge in [-0.2, -0.15) is 0 Å². The van der Waals surface area contributed by atoms with Gasteiger partial charge in [0, 0.05) is 32.1 Å². The summed E-state index contributed by atoms with van der Waals surface area (Å²) in [5.74, 6) is 2.08. The Morgan fingerprint density at radius 3 is 2.34 bits per heavy atom. The van der Waals surface area contributed by atoms with E-state index in [4.69, 9.17) is 9.47 Å². The Morgan fingerprint density at radius 2 is 1.61 bits per heavy atom. The molecule has 3 heterocycles. The maximum absolute atomic E-state index is 13.9. The molecule has 1 aromatic carbocycles. The van der Waals surface area contributed by atoms with Gasteiger partial charge in [0.05, 0.1) is 5.92 Å². The Balaban J connectivity index is 1.47. The van der Waals surface area contributed by atoms with Crippen LogP contribution in [0.3, 0.4) is 0 Å². The van der Waals surface area contributed by atoms with Gasteiger partial charge in [-0.15, -0.1) is 0 Å². The summed E-state index contributed by atoms with van der Waals surface area (Å²) in [4.78, 5) is 31.1. The third kappa shape index (κ3) is 6.10. The molecule has 0 saturated carbocycles. The van der Waals surface area contributed by atoms with E-state index in [2.05, 4.69) is 42.2 Å². The molecule has 6 nitrogen and oxygen atoms in total. The average molecular weight is 521 g/mol. The Morgan fingerprint density at radius 1 is 0.895 bits per heavy atom. The normalized spacial score (nSPS) is 27.2. The van der Waals surface area contributed by atoms with Gasteiger partial charge in [0.15, 0.2) is 11.5 Å². The van der Waals surface area contributed by atoms with Crippen LogP contribution in [0.1, 0.15) is 82.6 Å². The summed E-state index contributed by atoms with van der Waals surface area (Å²) in [7, 11) is 0. The van der Waals surface area contributed by atoms with Gasteiger partial charge >= 0.3 is 0 Å². The number of hydrogen-bond acceptors (Lipinski definition) is 4. The first kappa shape index (κ1) is 26.8. The second-order valence-electron chi connectivity index (χ2n) is 11.4. The van der Waals surface area contributed by atoms with Gasteiger partial charge in [-0.25, -0.2) is 0 Å². The number of rotatable bonds is 8. The molecule has 0 bridgehead atoms. The fraction of sp³-hybridized carbons (Fsp3) is 0.625. The molecule has 1 aromatic rings. The second kappa shape index (κ2) is 12.9. The lowest BCUT2D eigenvalue weighted by Crippen LogP contribution is -2.44. The SMILES string of the molecule is CCCCC[C@H]1[C@H](/C=C/C(=O)N2CCCCC2)[C@H](c2ccc3c(c2)OCO3)C=C[C@@H]1C(=O)N1CCCCC1. The van der Waals surface area contributed by atoms with E-state index in [9.17, 15) is 9.59 Å². The molecular formula is C32H44N2O4. The van der Waals surface area contributed by atoms with Gasteiger partial charge < -0.3 is 19.3 Å². The highest BCUT2D eigenvalue weighted by molar-refractivity contribution is 5.87. The lowest BCUT2D eigenvalue weighted by Gasteiger charge is -2.41. The third-order valence-electron chi connectivity index (χ3n) is 8.90. The minimum absolute atomic E-state index is 0.0599. The molecule has 4 atom stereocenters. The summed E-state index contributed by atoms with van der Waals surface area (Å²) in [5.41, 5.74) is 1.15. The molecule has 0 unspecified atom stereocenters. The molecule has 0 spiro atoms. The van der Waals surface area contributed by atoms with Gasteiger partial charge in [0.1, 0.15) is 0 Å². The number of likely N-dealkylation sites (tertiary alicyclic amines) is 2. The maximum atomic E-state index is 13.9. The number of benzene rings is 1. The van der Waals surface area contributed by atoms with Gasteiger partial charge in [-0.1, -0.05) is 50.5 Å². The molecule has 3 aliphatic heterocycles. The van der Waals surface area contributed by atoms with Crippen molar-refractivity contribution in [2.75, 3.05) is 33.0 Å². The molecule has 6 heteroatoms. The number of allylic oxidation sites excluding steroid dienone is 2. The first-order valence-corrected chi connectivity index (χ1v) is 15.0. The van der Waals surface area contributed by atoms with Crippen molar-refractivity contribution in [3.63, 3.8) is 0 Å². The Kier molecular flexibility index (Phi) is 9.08. The van der Waals surface area contributed by atoms with Crippen molar-refractivity contribution in [2.24, 2.45) is 17.8 Å². The Hall–Kier alpha value is -2.76. The van der Waals surface area contributed by atoms with Crippen LogP contribution in [0, 0.1) is 17.8 Å². The van der Waals surface area contributed by atoms with E-state index in [-0.39, 0.29) is 42.3 Å². The molecule has 1 aliphatic carbocycles. The fourth-order valence-corrected chi connectivity index (χ4v) is 6.74. The van der Waals surface area contributed by atoms with Crippen LogP contribution >= 0.6 is 0 Å². The quantitative estimate of drug-likeness (QED) is 0.237. The van der Waals surface area contributed by atoms with Crippen LogP contribution in [0.5, 0.6) is 11.5 Å². The van der Waals surface area contributed by atoms with Crippen LogP contribution in [0.15, 0.2) is 42.5 Å². The van der Waals surface area contributed by atoms with Crippen molar-refractivity contribution in [2.45, 2.75) is 77.0 Å². The van der Waals surface area contributed by atoms with Gasteiger partial charge in [-0.3, -0.25) is 9.59 Å². The minimum Gasteiger partial charge on any atom is -0.454 e. The average Bonchev–Trinajstić information content (AvgIpc) is 3.45. The van der Waals surface area contributed by atoms with Gasteiger partial charge in [-0.05, 0) is 80.6 Å². The number of hydrogen-bond donors (Lipinski definition) is 0. The van der Waals surface area contributed by atoms with E-state index >= 15 is 0 Å². The first-order valence-electron chi connectivity index (χ1n) is 15.0. The van der Waals surface area contributed by atoms with Crippen LogP contribution < -0.4 is 9.47 Å². The van der Waals surface area contributed by atoms with Crippen LogP contribution in [-0.4, -0.2) is 54.6 Å². The number of nitrogens with zero attached hydrogens (tertiary/aromatic N) is 2. The van der Waals surface area contributed by atoms with E-state index in [1.807, 2.05) is 17.0 Å². The minimum atomic E-state index is -0.144. The van der Waals surface area contributed by atoms with Crippen LogP contribution in [-0.2, 0) is 9.59 Å². The summed E-state index contributed by atoms with van der Waals surface area (Å²) in [6, 6.07) is 6.19. The third-order valence-corrected chi connectivity index (χ3v) is 8.90. The predicted octanol–water partition coefficient (Wildman–Crippen LogP) is 6.08. The largest absolute Gasteiger partial charge is 0.454 e. The van der Waals surface area contributed by atoms with E-state index in [1.54, 1.807) is 0 Å². The summed E-state index contributed by atoms with van der Waals surface area (Å²) < 4.78 is 11.3. The number of piperidine rings is 2. The van der Waals surface area contributed by atoms with Crippen molar-refractivity contribution in [3.8, 4) is 11.5 Å². The standard InChI is InChI=1S/C32H44N2O4/c1-2-3-6-11-26-27(15-17-31(35)33-18-7-4-8-19-33)25(24-12-16-29-30(22-24)38-23-37-29)13-14-28(26)32(36)34-20-9-5-10-21-34/h12-17,22,25-28H,2-11,18-21,23H2,1H3/b17-15+/t25-,26-,27+,28-/m0/s1. The summed E-state index contributed by atoms with van der Waals surface area (Å²) in [5, 5.41) is 0. The maximum Gasteiger partial charge on any atom is 0.246 e. The lowest BCUT2D eigenvalue weighted by atomic mass is 9.66. The van der Waals surface area contributed by atoms with Crippen molar-refractivity contribution >= 4 is 11.8 Å². The molecule has 2 saturated heterocycles. The lowest BCUT2D eigenvalue weighted by molar-refractivity contribution is -0.137. The van der Waals surface area contributed by atoms with Crippen LogP contribution in [0.4, 0.5) is 0 Å². The molecule has 0 radical (unpaired) electrons. The Labute approximate surface area is 228 Å². The molecular weight excluding hydrogens is 476 g/mol. The zero-order valence-electron chi connectivity index (χ0n) is 23.0. The van der Waals surface area contributed by atoms with Crippen LogP contribution in [0.25, 0.3) is 0 Å². The number of carbonyl (C=O) groups is 2. The molecule has 0 aromatic heterocycles. The summed E-state index contributed by atoms with van der Waals surface area (Å²) in [6.07, 6.45) is 19.5. The molecule has 5 rings (SSSR count). The Bertz CT molecular complexity index is 1020. The summed E-state index contributed by atoms with van der Waals surface area (Å²) in [6.45, 7) is 5.89. The summed E-state index contributed by atoms with van der Waals surface area (Å²) >= 11 is 0. The number of ether oxygens (including phenoxy) is 2. The molecule has 206 valence electrons. The van der Waals surface area contributed by atoms with E-state index in [0.717, 1.165) is 94.6 Å². The highest BCUT2D eigenvalue weighted by Crippen LogP contribution is 2.46. The topological polar surface area (TPSA) is 59.1 Å². The van der Waals surface area contributed by atoms with E-state index in [1.165, 1.54) is 12.8 Å². The highest BCUT2D eigenvalue weighted by Gasteiger charge is 2.40. The van der Waals surface area contributed by atoms with Crippen molar-refractivity contribution < 1.29 is 19.1 Å². The van der Waals surface area contributed by atoms with Crippen molar-refractivity contribution in [1.29, 1.82) is 0 Å². The van der Waals surface area contributed by atoms with Gasteiger partial charge in [0.25, 0.3) is 0 Å². The van der Waals surface area contributed by atoms with Crippen molar-refractivity contribution in [1.82, 2.24) is 9.80 Å². The van der Waals surface area contributed by atoms with Gasteiger partial charge in [0.2, 0.25) is 18.6 Å². The fourth-order valence-electron chi connectivity index (χ4n) is 6.74. The first-order chi connectivity index (χ1) is 18.7. The van der Waals surface area contributed by atoms with Crippen molar-refractivity contribution in [3.05, 3.63) is 48.1 Å². The number of carbonyl (C=O) groups excluding carboxylic acids is 2. The molecule has 38 heavy (non-hydrogen) atoms. The number of amides is 2. The predicted molar refractivity (Wildman–Crippen MR) is 149 cm³/mol. The van der Waals surface area contributed by atoms with Crippen LogP contribution in [0.2, 0.25) is 0 Å². The molecule has 2 fully saturated rings. The van der Waals surface area contributed by atoms with E-state index in [0.29, 0.717) is 0 Å². The monoisotopic (exact) mass is 520 g/mol. The highest BCUT2D eigenvalue weighted by atomic mass is 16.7. The molecule has 0 N–H and O–H groups in total. The van der Waals surface area contributed by atoms with E-state index < -0.39 is 0 Å². The zero-order chi connectivity index (χ0) is 26.3.